The highest BCUT2D eigenvalue weighted by Gasteiger charge is 2.08. The summed E-state index contributed by atoms with van der Waals surface area (Å²) >= 11 is 0. The first-order chi connectivity index (χ1) is 11.1. The third-order valence-electron chi connectivity index (χ3n) is 3.89. The van der Waals surface area contributed by atoms with Crippen LogP contribution in [0.25, 0.3) is 0 Å². The Kier molecular flexibility index (Phi) is 6.66. The normalized spacial score (nSPS) is 12.4. The minimum absolute atomic E-state index is 0.271. The summed E-state index contributed by atoms with van der Waals surface area (Å²) in [6.07, 6.45) is 1.30. The van der Waals surface area contributed by atoms with E-state index in [1.165, 1.54) is 16.7 Å². The second-order valence-corrected chi connectivity index (χ2v) is 6.29. The van der Waals surface area contributed by atoms with Crippen LogP contribution in [0.2, 0.25) is 0 Å². The predicted molar refractivity (Wildman–Crippen MR) is 96.1 cm³/mol. The standard InChI is InChI=1S/C21H28O2/c1-5-22-21-8-6-7-20(14-21)17(4)13-18-9-11-19(12-10-18)15-23-16(2)3/h6-12,14,16-17H,5,13,15H2,1-4H3. The quantitative estimate of drug-likeness (QED) is 0.653. The fourth-order valence-corrected chi connectivity index (χ4v) is 2.58. The van der Waals surface area contributed by atoms with Crippen LogP contribution in [-0.4, -0.2) is 12.7 Å². The van der Waals surface area contributed by atoms with Crippen LogP contribution in [0.5, 0.6) is 5.75 Å². The van der Waals surface area contributed by atoms with E-state index in [-0.39, 0.29) is 6.10 Å². The lowest BCUT2D eigenvalue weighted by Gasteiger charge is -2.14. The molecule has 0 saturated carbocycles. The number of ether oxygens (including phenoxy) is 2. The highest BCUT2D eigenvalue weighted by molar-refractivity contribution is 5.32. The Bertz CT molecular complexity index is 587. The van der Waals surface area contributed by atoms with E-state index in [1.54, 1.807) is 0 Å². The average Bonchev–Trinajstić information content (AvgIpc) is 2.55. The van der Waals surface area contributed by atoms with E-state index in [2.05, 4.69) is 63.2 Å². The van der Waals surface area contributed by atoms with Gasteiger partial charge in [-0.1, -0.05) is 43.3 Å². The van der Waals surface area contributed by atoms with Crippen LogP contribution in [0.4, 0.5) is 0 Å². The van der Waals surface area contributed by atoms with Crippen molar-refractivity contribution in [3.63, 3.8) is 0 Å². The monoisotopic (exact) mass is 312 g/mol. The molecule has 0 aliphatic rings. The molecule has 2 aromatic carbocycles. The Morgan fingerprint density at radius 1 is 0.913 bits per heavy atom. The lowest BCUT2D eigenvalue weighted by molar-refractivity contribution is 0.0657. The van der Waals surface area contributed by atoms with Gasteiger partial charge in [0.25, 0.3) is 0 Å². The molecule has 0 N–H and O–H groups in total. The van der Waals surface area contributed by atoms with Crippen molar-refractivity contribution in [1.29, 1.82) is 0 Å². The Morgan fingerprint density at radius 3 is 2.26 bits per heavy atom. The van der Waals surface area contributed by atoms with Crippen LogP contribution in [0, 0.1) is 0 Å². The van der Waals surface area contributed by atoms with Crippen LogP contribution in [0.3, 0.4) is 0 Å². The van der Waals surface area contributed by atoms with Gasteiger partial charge in [0, 0.05) is 0 Å². The topological polar surface area (TPSA) is 18.5 Å². The van der Waals surface area contributed by atoms with Crippen LogP contribution in [0.15, 0.2) is 48.5 Å². The molecule has 1 unspecified atom stereocenters. The summed E-state index contributed by atoms with van der Waals surface area (Å²) in [5, 5.41) is 0. The molecule has 2 rings (SSSR count). The molecule has 0 spiro atoms. The molecule has 1 atom stereocenters. The van der Waals surface area contributed by atoms with Crippen LogP contribution in [0.1, 0.15) is 50.3 Å². The number of hydrogen-bond acceptors (Lipinski definition) is 2. The molecule has 124 valence electrons. The third kappa shape index (κ3) is 5.72. The van der Waals surface area contributed by atoms with Gasteiger partial charge in [-0.05, 0) is 61.9 Å². The van der Waals surface area contributed by atoms with Crippen molar-refractivity contribution in [3.8, 4) is 5.75 Å². The number of rotatable bonds is 8. The SMILES string of the molecule is CCOc1cccc(C(C)Cc2ccc(COC(C)C)cc2)c1. The summed E-state index contributed by atoms with van der Waals surface area (Å²) in [5.74, 6) is 1.42. The van der Waals surface area contributed by atoms with E-state index in [9.17, 15) is 0 Å². The van der Waals surface area contributed by atoms with Crippen molar-refractivity contribution in [1.82, 2.24) is 0 Å². The van der Waals surface area contributed by atoms with Crippen molar-refractivity contribution >= 4 is 0 Å². The van der Waals surface area contributed by atoms with Crippen LogP contribution >= 0.6 is 0 Å². The second kappa shape index (κ2) is 8.73. The molecule has 0 aliphatic heterocycles. The molecule has 0 radical (unpaired) electrons. The summed E-state index contributed by atoms with van der Waals surface area (Å²) < 4.78 is 11.2. The number of hydrogen-bond donors (Lipinski definition) is 0. The minimum Gasteiger partial charge on any atom is -0.494 e. The van der Waals surface area contributed by atoms with Gasteiger partial charge in [0.1, 0.15) is 5.75 Å². The van der Waals surface area contributed by atoms with Gasteiger partial charge in [0.05, 0.1) is 19.3 Å². The zero-order valence-corrected chi connectivity index (χ0v) is 14.7. The summed E-state index contributed by atoms with van der Waals surface area (Å²) in [7, 11) is 0. The fraction of sp³-hybridized carbons (Fsp3) is 0.429. The van der Waals surface area contributed by atoms with E-state index < -0.39 is 0 Å². The van der Waals surface area contributed by atoms with Crippen molar-refractivity contribution < 1.29 is 9.47 Å². The van der Waals surface area contributed by atoms with Crippen molar-refractivity contribution in [2.24, 2.45) is 0 Å². The lowest BCUT2D eigenvalue weighted by Crippen LogP contribution is -2.03. The smallest absolute Gasteiger partial charge is 0.119 e. The van der Waals surface area contributed by atoms with Gasteiger partial charge in [-0.15, -0.1) is 0 Å². The maximum absolute atomic E-state index is 5.64. The Morgan fingerprint density at radius 2 is 1.61 bits per heavy atom. The molecule has 0 aliphatic carbocycles. The Labute approximate surface area is 140 Å². The van der Waals surface area contributed by atoms with E-state index in [1.807, 2.05) is 13.0 Å². The van der Waals surface area contributed by atoms with Crippen molar-refractivity contribution in [3.05, 3.63) is 65.2 Å². The first-order valence-electron chi connectivity index (χ1n) is 8.50. The maximum atomic E-state index is 5.64. The van der Waals surface area contributed by atoms with Crippen LogP contribution in [-0.2, 0) is 17.8 Å². The Hall–Kier alpha value is -1.80. The average molecular weight is 312 g/mol. The molecule has 2 aromatic rings. The molecule has 0 bridgehead atoms. The first-order valence-corrected chi connectivity index (χ1v) is 8.50. The zero-order chi connectivity index (χ0) is 16.7. The minimum atomic E-state index is 0.271. The van der Waals surface area contributed by atoms with Gasteiger partial charge in [-0.25, -0.2) is 0 Å². The molecule has 23 heavy (non-hydrogen) atoms. The Balaban J connectivity index is 1.96. The second-order valence-electron chi connectivity index (χ2n) is 6.29. The molecule has 2 heteroatoms. The lowest BCUT2D eigenvalue weighted by atomic mass is 9.93. The van der Waals surface area contributed by atoms with Crippen LogP contribution < -0.4 is 4.74 Å². The molecule has 0 amide bonds. The molecular weight excluding hydrogens is 284 g/mol. The van der Waals surface area contributed by atoms with E-state index in [4.69, 9.17) is 9.47 Å². The van der Waals surface area contributed by atoms with Crippen molar-refractivity contribution in [2.75, 3.05) is 6.61 Å². The van der Waals surface area contributed by atoms with E-state index in [0.29, 0.717) is 19.1 Å². The van der Waals surface area contributed by atoms with Gasteiger partial charge in [0.15, 0.2) is 0 Å². The summed E-state index contributed by atoms with van der Waals surface area (Å²) in [6, 6.07) is 17.2. The molecular formula is C21H28O2. The highest BCUT2D eigenvalue weighted by Crippen LogP contribution is 2.24. The number of benzene rings is 2. The van der Waals surface area contributed by atoms with E-state index in [0.717, 1.165) is 12.2 Å². The predicted octanol–water partition coefficient (Wildman–Crippen LogP) is 5.36. The molecule has 2 nitrogen and oxygen atoms in total. The summed E-state index contributed by atoms with van der Waals surface area (Å²) in [4.78, 5) is 0. The molecule has 0 saturated heterocycles. The summed E-state index contributed by atoms with van der Waals surface area (Å²) in [5.41, 5.74) is 3.91. The van der Waals surface area contributed by atoms with Gasteiger partial charge < -0.3 is 9.47 Å². The largest absolute Gasteiger partial charge is 0.494 e. The van der Waals surface area contributed by atoms with Gasteiger partial charge in [-0.3, -0.25) is 0 Å². The molecule has 0 aromatic heterocycles. The summed E-state index contributed by atoms with van der Waals surface area (Å²) in [6.45, 7) is 9.79. The highest BCUT2D eigenvalue weighted by atomic mass is 16.5. The molecule has 0 heterocycles. The van der Waals surface area contributed by atoms with E-state index >= 15 is 0 Å². The zero-order valence-electron chi connectivity index (χ0n) is 14.7. The van der Waals surface area contributed by atoms with Gasteiger partial charge in [0.2, 0.25) is 0 Å². The molecule has 0 fully saturated rings. The van der Waals surface area contributed by atoms with Gasteiger partial charge in [-0.2, -0.15) is 0 Å². The van der Waals surface area contributed by atoms with Crippen molar-refractivity contribution in [2.45, 2.75) is 52.7 Å². The maximum Gasteiger partial charge on any atom is 0.119 e. The third-order valence-corrected chi connectivity index (χ3v) is 3.89. The van der Waals surface area contributed by atoms with Gasteiger partial charge >= 0.3 is 0 Å². The first kappa shape index (κ1) is 17.6. The fourth-order valence-electron chi connectivity index (χ4n) is 2.58.